The number of nitrogens with zero attached hydrogens (tertiary/aromatic N) is 2. The average molecular weight is 453 g/mol. The molecule has 4 amide bonds. The molecule has 11 heteroatoms. The Labute approximate surface area is 185 Å². The van der Waals surface area contributed by atoms with E-state index in [1.807, 2.05) is 6.92 Å². The third kappa shape index (κ3) is 5.33. The van der Waals surface area contributed by atoms with Crippen molar-refractivity contribution in [3.05, 3.63) is 35.4 Å². The minimum absolute atomic E-state index is 0.115. The molecule has 1 aromatic carbocycles. The predicted molar refractivity (Wildman–Crippen MR) is 112 cm³/mol. The van der Waals surface area contributed by atoms with Crippen LogP contribution < -0.4 is 16.0 Å². The smallest absolute Gasteiger partial charge is 0.320 e. The first kappa shape index (κ1) is 23.9. The summed E-state index contributed by atoms with van der Waals surface area (Å²) in [6.07, 6.45) is -0.751. The van der Waals surface area contributed by atoms with E-state index in [1.165, 1.54) is 11.9 Å². The van der Waals surface area contributed by atoms with Gasteiger partial charge < -0.3 is 30.9 Å². The fraction of sp³-hybridized carbons (Fsp3) is 0.571. The van der Waals surface area contributed by atoms with Crippen molar-refractivity contribution in [1.82, 2.24) is 25.8 Å². The third-order valence-corrected chi connectivity index (χ3v) is 5.76. The molecule has 4 atom stereocenters. The zero-order chi connectivity index (χ0) is 23.4. The minimum atomic E-state index is -1.38. The highest BCUT2D eigenvalue weighted by Gasteiger charge is 2.41. The summed E-state index contributed by atoms with van der Waals surface area (Å²) >= 11 is 0. The van der Waals surface area contributed by atoms with Gasteiger partial charge in [0, 0.05) is 32.7 Å². The topological polar surface area (TPSA) is 114 Å². The van der Waals surface area contributed by atoms with Crippen LogP contribution in [0.15, 0.2) is 18.2 Å². The highest BCUT2D eigenvalue weighted by atomic mass is 19.1. The van der Waals surface area contributed by atoms with Crippen LogP contribution in [0.5, 0.6) is 0 Å². The van der Waals surface area contributed by atoms with E-state index in [1.54, 1.807) is 4.90 Å². The number of aliphatic hydroxyl groups excluding tert-OH is 1. The molecule has 0 bridgehead atoms. The molecule has 1 unspecified atom stereocenters. The first-order chi connectivity index (χ1) is 15.2. The first-order valence-corrected chi connectivity index (χ1v) is 10.7. The van der Waals surface area contributed by atoms with Crippen molar-refractivity contribution in [3.8, 4) is 0 Å². The molecule has 2 saturated heterocycles. The Morgan fingerprint density at radius 2 is 1.94 bits per heavy atom. The Kier molecular flexibility index (Phi) is 7.62. The molecular weight excluding hydrogens is 424 g/mol. The van der Waals surface area contributed by atoms with Crippen molar-refractivity contribution < 1.29 is 28.3 Å². The maximum absolute atomic E-state index is 13.7. The van der Waals surface area contributed by atoms with Crippen molar-refractivity contribution in [3.63, 3.8) is 0 Å². The number of urea groups is 1. The van der Waals surface area contributed by atoms with Crippen molar-refractivity contribution in [2.75, 3.05) is 33.2 Å². The molecule has 0 aliphatic carbocycles. The van der Waals surface area contributed by atoms with Gasteiger partial charge in [-0.05, 0) is 30.5 Å². The molecule has 32 heavy (non-hydrogen) atoms. The van der Waals surface area contributed by atoms with Crippen LogP contribution in [0.4, 0.5) is 13.6 Å². The van der Waals surface area contributed by atoms with Gasteiger partial charge in [0.25, 0.3) is 0 Å². The van der Waals surface area contributed by atoms with Crippen molar-refractivity contribution >= 4 is 17.8 Å². The summed E-state index contributed by atoms with van der Waals surface area (Å²) in [5.41, 5.74) is 0.214. The van der Waals surface area contributed by atoms with Gasteiger partial charge in [-0.1, -0.05) is 6.92 Å². The lowest BCUT2D eigenvalue weighted by atomic mass is 9.94. The van der Waals surface area contributed by atoms with Crippen molar-refractivity contribution in [2.24, 2.45) is 0 Å². The summed E-state index contributed by atoms with van der Waals surface area (Å²) in [5, 5.41) is 19.2. The second-order valence-corrected chi connectivity index (χ2v) is 8.17. The SMILES string of the molecule is CCCN1CC(C(=O)N[C@@H](Cc2cc(F)cc(F)c2)[C@H](O)[C@@H]2NCCNC2=O)N(C)C1=O. The minimum Gasteiger partial charge on any atom is -0.389 e. The van der Waals surface area contributed by atoms with Crippen LogP contribution in [0.3, 0.4) is 0 Å². The second kappa shape index (κ2) is 10.2. The fourth-order valence-corrected chi connectivity index (χ4v) is 4.12. The van der Waals surface area contributed by atoms with Crippen LogP contribution in [-0.4, -0.2) is 90.2 Å². The van der Waals surface area contributed by atoms with Crippen LogP contribution in [0.2, 0.25) is 0 Å². The number of halogens is 2. The lowest BCUT2D eigenvalue weighted by Crippen LogP contribution is -2.64. The van der Waals surface area contributed by atoms with Gasteiger partial charge in [-0.25, -0.2) is 13.6 Å². The number of likely N-dealkylation sites (N-methyl/N-ethyl adjacent to an activating group) is 1. The van der Waals surface area contributed by atoms with Crippen LogP contribution in [0.1, 0.15) is 18.9 Å². The van der Waals surface area contributed by atoms with E-state index in [0.29, 0.717) is 19.6 Å². The Morgan fingerprint density at radius 3 is 2.56 bits per heavy atom. The standard InChI is InChI=1S/C21H29F2N5O4/c1-3-6-28-11-16(27(2)21(28)32)19(30)26-15(9-12-7-13(22)10-14(23)8-12)18(29)17-20(31)25-5-4-24-17/h7-8,10,15-18,24,29H,3-6,9,11H2,1-2H3,(H,25,31)(H,26,30)/t15-,16?,17-,18-/m0/s1. The Bertz CT molecular complexity index is 850. The largest absolute Gasteiger partial charge is 0.389 e. The maximum atomic E-state index is 13.7. The number of rotatable bonds is 8. The molecule has 0 spiro atoms. The van der Waals surface area contributed by atoms with Crippen LogP contribution in [-0.2, 0) is 16.0 Å². The van der Waals surface area contributed by atoms with Crippen LogP contribution >= 0.6 is 0 Å². The van der Waals surface area contributed by atoms with E-state index in [2.05, 4.69) is 16.0 Å². The number of amides is 4. The number of benzene rings is 1. The fourth-order valence-electron chi connectivity index (χ4n) is 4.12. The predicted octanol–water partition coefficient (Wildman–Crippen LogP) is -0.413. The average Bonchev–Trinajstić information content (AvgIpc) is 3.01. The molecular formula is C21H29F2N5O4. The molecule has 3 rings (SSSR count). The summed E-state index contributed by atoms with van der Waals surface area (Å²) in [6.45, 7) is 3.45. The number of aliphatic hydroxyl groups is 1. The third-order valence-electron chi connectivity index (χ3n) is 5.76. The number of hydrogen-bond acceptors (Lipinski definition) is 5. The summed E-state index contributed by atoms with van der Waals surface area (Å²) in [6, 6.07) is -0.160. The van der Waals surface area contributed by atoms with Crippen molar-refractivity contribution in [1.29, 1.82) is 0 Å². The molecule has 1 aromatic rings. The van der Waals surface area contributed by atoms with Gasteiger partial charge in [-0.3, -0.25) is 9.59 Å². The number of carbonyl (C=O) groups is 3. The van der Waals surface area contributed by atoms with Gasteiger partial charge in [0.15, 0.2) is 0 Å². The lowest BCUT2D eigenvalue weighted by Gasteiger charge is -2.33. The zero-order valence-electron chi connectivity index (χ0n) is 18.1. The van der Waals surface area contributed by atoms with Gasteiger partial charge in [-0.2, -0.15) is 0 Å². The molecule has 0 aromatic heterocycles. The number of piperazine rings is 1. The molecule has 2 aliphatic heterocycles. The Hall–Kier alpha value is -2.79. The summed E-state index contributed by atoms with van der Waals surface area (Å²) < 4.78 is 27.4. The van der Waals surface area contributed by atoms with E-state index in [4.69, 9.17) is 0 Å². The number of nitrogens with one attached hydrogen (secondary N) is 3. The van der Waals surface area contributed by atoms with Gasteiger partial charge in [-0.15, -0.1) is 0 Å². The summed E-state index contributed by atoms with van der Waals surface area (Å²) in [5.74, 6) is -2.53. The van der Waals surface area contributed by atoms with Crippen LogP contribution in [0, 0.1) is 11.6 Å². The van der Waals surface area contributed by atoms with Gasteiger partial charge in [0.2, 0.25) is 11.8 Å². The quantitative estimate of drug-likeness (QED) is 0.427. The van der Waals surface area contributed by atoms with E-state index in [9.17, 15) is 28.3 Å². The van der Waals surface area contributed by atoms with E-state index in [0.717, 1.165) is 24.6 Å². The normalized spacial score (nSPS) is 23.2. The molecule has 9 nitrogen and oxygen atoms in total. The monoisotopic (exact) mass is 453 g/mol. The molecule has 2 fully saturated rings. The Balaban J connectivity index is 1.80. The van der Waals surface area contributed by atoms with Crippen molar-refractivity contribution in [2.45, 2.75) is 44.0 Å². The van der Waals surface area contributed by atoms with E-state index >= 15 is 0 Å². The molecule has 176 valence electrons. The molecule has 2 heterocycles. The summed E-state index contributed by atoms with van der Waals surface area (Å²) in [4.78, 5) is 40.5. The number of carbonyl (C=O) groups excluding carboxylic acids is 3. The van der Waals surface area contributed by atoms with Gasteiger partial charge in [0.05, 0.1) is 18.7 Å². The summed E-state index contributed by atoms with van der Waals surface area (Å²) in [7, 11) is 1.52. The lowest BCUT2D eigenvalue weighted by molar-refractivity contribution is -0.131. The first-order valence-electron chi connectivity index (χ1n) is 10.7. The van der Waals surface area contributed by atoms with E-state index in [-0.39, 0.29) is 24.6 Å². The highest BCUT2D eigenvalue weighted by molar-refractivity contribution is 5.90. The maximum Gasteiger partial charge on any atom is 0.320 e. The zero-order valence-corrected chi connectivity index (χ0v) is 18.1. The van der Waals surface area contributed by atoms with Gasteiger partial charge >= 0.3 is 6.03 Å². The highest BCUT2D eigenvalue weighted by Crippen LogP contribution is 2.17. The van der Waals surface area contributed by atoms with Gasteiger partial charge in [0.1, 0.15) is 23.7 Å². The molecule has 2 aliphatic rings. The second-order valence-electron chi connectivity index (χ2n) is 8.17. The van der Waals surface area contributed by atoms with E-state index < -0.39 is 47.7 Å². The molecule has 0 radical (unpaired) electrons. The van der Waals surface area contributed by atoms with Crippen LogP contribution in [0.25, 0.3) is 0 Å². The Morgan fingerprint density at radius 1 is 1.25 bits per heavy atom. The number of hydrogen-bond donors (Lipinski definition) is 4. The molecule has 4 N–H and O–H groups in total. The molecule has 0 saturated carbocycles.